The Labute approximate surface area is 83.2 Å². The van der Waals surface area contributed by atoms with Crippen LogP contribution in [0.1, 0.15) is 19.7 Å². The van der Waals surface area contributed by atoms with Gasteiger partial charge in [0.25, 0.3) is 0 Å². The van der Waals surface area contributed by atoms with E-state index in [1.54, 1.807) is 11.0 Å². The molecule has 0 aromatic carbocycles. The van der Waals surface area contributed by atoms with E-state index in [4.69, 9.17) is 5.73 Å². The van der Waals surface area contributed by atoms with Gasteiger partial charge in [0.2, 0.25) is 0 Å². The lowest BCUT2D eigenvalue weighted by Crippen LogP contribution is -2.36. The second-order valence-corrected chi connectivity index (χ2v) is 3.33. The molecule has 0 aliphatic rings. The maximum absolute atomic E-state index is 5.61. The van der Waals surface area contributed by atoms with Crippen LogP contribution in [0.2, 0.25) is 0 Å². The summed E-state index contributed by atoms with van der Waals surface area (Å²) in [7, 11) is 1.82. The van der Waals surface area contributed by atoms with E-state index in [2.05, 4.69) is 20.4 Å². The Morgan fingerprint density at radius 3 is 2.93 bits per heavy atom. The highest BCUT2D eigenvalue weighted by molar-refractivity contribution is 5.77. The summed E-state index contributed by atoms with van der Waals surface area (Å²) in [5, 5.41) is 7.06. The number of nitrogens with one attached hydrogen (secondary N) is 1. The summed E-state index contributed by atoms with van der Waals surface area (Å²) in [6.07, 6.45) is 1.64. The van der Waals surface area contributed by atoms with Gasteiger partial charge in [0.15, 0.2) is 11.8 Å². The van der Waals surface area contributed by atoms with E-state index in [-0.39, 0.29) is 6.04 Å². The molecule has 0 atom stereocenters. The molecule has 0 radical (unpaired) electrons. The number of aliphatic imine (C=N–C) groups is 1. The molecule has 0 aliphatic heterocycles. The van der Waals surface area contributed by atoms with Gasteiger partial charge in [-0.1, -0.05) is 0 Å². The van der Waals surface area contributed by atoms with E-state index < -0.39 is 0 Å². The van der Waals surface area contributed by atoms with E-state index in [0.29, 0.717) is 18.3 Å². The summed E-state index contributed by atoms with van der Waals surface area (Å²) >= 11 is 0. The van der Waals surface area contributed by atoms with E-state index in [1.165, 1.54) is 0 Å². The van der Waals surface area contributed by atoms with Gasteiger partial charge < -0.3 is 11.1 Å². The van der Waals surface area contributed by atoms with Gasteiger partial charge in [-0.3, -0.25) is 4.68 Å². The molecule has 0 aliphatic carbocycles. The number of hydrogen-bond acceptors (Lipinski definition) is 3. The largest absolute Gasteiger partial charge is 0.370 e. The number of guanidine groups is 1. The molecular weight excluding hydrogens is 180 g/mol. The van der Waals surface area contributed by atoms with Crippen molar-refractivity contribution in [2.45, 2.75) is 26.4 Å². The molecule has 0 unspecified atom stereocenters. The zero-order valence-electron chi connectivity index (χ0n) is 8.73. The Bertz CT molecular complexity index is 313. The number of nitrogens with two attached hydrogens (primary N) is 1. The smallest absolute Gasteiger partial charge is 0.189 e. The maximum Gasteiger partial charge on any atom is 0.189 e. The van der Waals surface area contributed by atoms with Gasteiger partial charge in [0, 0.05) is 13.1 Å². The lowest BCUT2D eigenvalue weighted by atomic mass is 10.4. The molecule has 14 heavy (non-hydrogen) atoms. The van der Waals surface area contributed by atoms with E-state index >= 15 is 0 Å². The average molecular weight is 196 g/mol. The van der Waals surface area contributed by atoms with Crippen molar-refractivity contribution in [1.29, 1.82) is 0 Å². The molecule has 0 fully saturated rings. The van der Waals surface area contributed by atoms with Gasteiger partial charge in [0.1, 0.15) is 12.9 Å². The molecule has 3 N–H and O–H groups in total. The van der Waals surface area contributed by atoms with Gasteiger partial charge in [-0.2, -0.15) is 5.10 Å². The summed E-state index contributed by atoms with van der Waals surface area (Å²) in [5.41, 5.74) is 5.61. The first-order chi connectivity index (χ1) is 6.58. The molecule has 1 heterocycles. The topological polar surface area (TPSA) is 81.1 Å². The third kappa shape index (κ3) is 3.42. The van der Waals surface area contributed by atoms with Crippen molar-refractivity contribution in [3.63, 3.8) is 0 Å². The van der Waals surface area contributed by atoms with Gasteiger partial charge in [-0.25, -0.2) is 9.98 Å². The highest BCUT2D eigenvalue weighted by Crippen LogP contribution is 1.90. The molecule has 0 amide bonds. The van der Waals surface area contributed by atoms with Crippen molar-refractivity contribution in [2.24, 2.45) is 17.8 Å². The minimum Gasteiger partial charge on any atom is -0.370 e. The Morgan fingerprint density at radius 2 is 2.43 bits per heavy atom. The molecule has 0 saturated carbocycles. The first-order valence-electron chi connectivity index (χ1n) is 4.49. The van der Waals surface area contributed by atoms with Crippen molar-refractivity contribution in [3.05, 3.63) is 12.2 Å². The number of rotatable bonds is 3. The molecule has 6 nitrogen and oxygen atoms in total. The second kappa shape index (κ2) is 4.59. The van der Waals surface area contributed by atoms with Crippen LogP contribution in [0.15, 0.2) is 11.3 Å². The fourth-order valence-corrected chi connectivity index (χ4v) is 0.954. The van der Waals surface area contributed by atoms with E-state index in [9.17, 15) is 0 Å². The number of hydrogen-bond donors (Lipinski definition) is 2. The summed E-state index contributed by atoms with van der Waals surface area (Å²) in [4.78, 5) is 8.12. The number of aryl methyl sites for hydroxylation is 1. The van der Waals surface area contributed by atoms with Gasteiger partial charge in [-0.15, -0.1) is 0 Å². The predicted molar refractivity (Wildman–Crippen MR) is 54.6 cm³/mol. The molecule has 1 aromatic rings. The Balaban J connectivity index is 2.46. The monoisotopic (exact) mass is 196 g/mol. The Hall–Kier alpha value is -1.59. The van der Waals surface area contributed by atoms with Crippen molar-refractivity contribution in [2.75, 3.05) is 0 Å². The zero-order chi connectivity index (χ0) is 10.6. The van der Waals surface area contributed by atoms with Crippen LogP contribution >= 0.6 is 0 Å². The highest BCUT2D eigenvalue weighted by atomic mass is 15.3. The molecule has 0 spiro atoms. The standard InChI is InChI=1S/C8H16N6/c1-6(2)12-8(9)10-4-7-11-5-14(3)13-7/h5-6H,4H2,1-3H3,(H3,9,10,12). The lowest BCUT2D eigenvalue weighted by molar-refractivity contribution is 0.716. The van der Waals surface area contributed by atoms with Crippen LogP contribution in [-0.2, 0) is 13.6 Å². The van der Waals surface area contributed by atoms with Crippen LogP contribution in [0.25, 0.3) is 0 Å². The fourth-order valence-electron chi connectivity index (χ4n) is 0.954. The predicted octanol–water partition coefficient (Wildman–Crippen LogP) is -0.372. The quantitative estimate of drug-likeness (QED) is 0.510. The molecular formula is C8H16N6. The van der Waals surface area contributed by atoms with Crippen molar-refractivity contribution in [1.82, 2.24) is 20.1 Å². The zero-order valence-corrected chi connectivity index (χ0v) is 8.73. The lowest BCUT2D eigenvalue weighted by Gasteiger charge is -2.07. The van der Waals surface area contributed by atoms with E-state index in [1.807, 2.05) is 20.9 Å². The fraction of sp³-hybridized carbons (Fsp3) is 0.625. The van der Waals surface area contributed by atoms with Crippen LogP contribution in [0.4, 0.5) is 0 Å². The summed E-state index contributed by atoms with van der Waals surface area (Å²) in [5.74, 6) is 1.09. The Kier molecular flexibility index (Phi) is 3.44. The van der Waals surface area contributed by atoms with Gasteiger partial charge >= 0.3 is 0 Å². The van der Waals surface area contributed by atoms with Crippen molar-refractivity contribution >= 4 is 5.96 Å². The molecule has 78 valence electrons. The minimum absolute atomic E-state index is 0.287. The van der Waals surface area contributed by atoms with Gasteiger partial charge in [-0.05, 0) is 13.8 Å². The second-order valence-electron chi connectivity index (χ2n) is 3.33. The van der Waals surface area contributed by atoms with Crippen molar-refractivity contribution in [3.8, 4) is 0 Å². The van der Waals surface area contributed by atoms with Gasteiger partial charge in [0.05, 0.1) is 0 Å². The highest BCUT2D eigenvalue weighted by Gasteiger charge is 1.98. The van der Waals surface area contributed by atoms with Crippen LogP contribution in [-0.4, -0.2) is 26.8 Å². The van der Waals surface area contributed by atoms with Crippen LogP contribution in [0, 0.1) is 0 Å². The first-order valence-corrected chi connectivity index (χ1v) is 4.49. The molecule has 0 bridgehead atoms. The van der Waals surface area contributed by atoms with Crippen LogP contribution in [0.3, 0.4) is 0 Å². The molecule has 1 aromatic heterocycles. The number of nitrogens with zero attached hydrogens (tertiary/aromatic N) is 4. The van der Waals surface area contributed by atoms with E-state index in [0.717, 1.165) is 0 Å². The Morgan fingerprint density at radius 1 is 1.71 bits per heavy atom. The molecule has 6 heteroatoms. The third-order valence-electron chi connectivity index (χ3n) is 1.47. The summed E-state index contributed by atoms with van der Waals surface area (Å²) in [6, 6.07) is 0.287. The molecule has 1 rings (SSSR count). The average Bonchev–Trinajstić information content (AvgIpc) is 2.47. The normalized spacial score (nSPS) is 12.1. The SMILES string of the molecule is CC(C)NC(N)=NCc1ncn(C)n1. The third-order valence-corrected chi connectivity index (χ3v) is 1.47. The number of aromatic nitrogens is 3. The van der Waals surface area contributed by atoms with Crippen LogP contribution < -0.4 is 11.1 Å². The summed E-state index contributed by atoms with van der Waals surface area (Å²) < 4.78 is 1.64. The summed E-state index contributed by atoms with van der Waals surface area (Å²) in [6.45, 7) is 4.41. The van der Waals surface area contributed by atoms with Crippen molar-refractivity contribution < 1.29 is 0 Å². The first kappa shape index (κ1) is 10.5. The minimum atomic E-state index is 0.287. The maximum atomic E-state index is 5.61. The van der Waals surface area contributed by atoms with Crippen LogP contribution in [0.5, 0.6) is 0 Å². The molecule has 0 saturated heterocycles.